The molecule has 0 saturated heterocycles. The predicted octanol–water partition coefficient (Wildman–Crippen LogP) is 4.53. The molecule has 0 radical (unpaired) electrons. The molecule has 1 amide bonds. The molecular weight excluding hydrogens is 346 g/mol. The summed E-state index contributed by atoms with van der Waals surface area (Å²) in [5.41, 5.74) is 1.73. The van der Waals surface area contributed by atoms with Gasteiger partial charge in [0.25, 0.3) is 5.91 Å². The van der Waals surface area contributed by atoms with Gasteiger partial charge in [0.15, 0.2) is 0 Å². The number of carbonyl (C=O) groups excluding carboxylic acids is 1. The Kier molecular flexibility index (Phi) is 5.02. The molecule has 0 aliphatic rings. The monoisotopic (exact) mass is 357 g/mol. The maximum absolute atomic E-state index is 12.0. The van der Waals surface area contributed by atoms with Gasteiger partial charge in [0.05, 0.1) is 9.35 Å². The molecule has 1 aromatic carbocycles. The zero-order valence-corrected chi connectivity index (χ0v) is 13.5. The fraction of sp³-hybridized carbons (Fsp3) is 0.214. The van der Waals surface area contributed by atoms with Crippen LogP contribution in [0.3, 0.4) is 0 Å². The lowest BCUT2D eigenvalue weighted by Crippen LogP contribution is -2.33. The first-order valence-corrected chi connectivity index (χ1v) is 7.89. The van der Waals surface area contributed by atoms with Crippen molar-refractivity contribution in [1.29, 1.82) is 0 Å². The summed E-state index contributed by atoms with van der Waals surface area (Å²) in [6.45, 7) is 1.97. The van der Waals surface area contributed by atoms with Crippen LogP contribution < -0.4 is 5.32 Å². The summed E-state index contributed by atoms with van der Waals surface area (Å²) in [4.78, 5) is 12.0. The van der Waals surface area contributed by atoms with E-state index in [0.717, 1.165) is 20.8 Å². The van der Waals surface area contributed by atoms with Crippen molar-refractivity contribution in [2.45, 2.75) is 19.4 Å². The second-order valence-electron chi connectivity index (χ2n) is 4.31. The molecule has 0 bridgehead atoms. The Labute approximate surface area is 129 Å². The molecule has 100 valence electrons. The minimum atomic E-state index is -0.0542. The molecule has 0 aliphatic heterocycles. The highest BCUT2D eigenvalue weighted by molar-refractivity contribution is 9.11. The quantitative estimate of drug-likeness (QED) is 0.855. The van der Waals surface area contributed by atoms with E-state index in [4.69, 9.17) is 11.6 Å². The Bertz CT molecular complexity index is 584. The molecule has 0 saturated carbocycles. The van der Waals surface area contributed by atoms with Crippen molar-refractivity contribution in [1.82, 2.24) is 5.32 Å². The molecule has 1 N–H and O–H groups in total. The second-order valence-corrected chi connectivity index (χ2v) is 7.01. The van der Waals surface area contributed by atoms with E-state index in [1.165, 1.54) is 11.3 Å². The highest BCUT2D eigenvalue weighted by Crippen LogP contribution is 2.21. The molecule has 2 rings (SSSR count). The third kappa shape index (κ3) is 4.06. The Morgan fingerprint density at radius 3 is 2.84 bits per heavy atom. The van der Waals surface area contributed by atoms with Crippen LogP contribution in [-0.2, 0) is 6.42 Å². The molecule has 2 aromatic rings. The van der Waals surface area contributed by atoms with Crippen molar-refractivity contribution in [3.63, 3.8) is 0 Å². The molecule has 1 heterocycles. The highest BCUT2D eigenvalue weighted by Gasteiger charge is 2.12. The van der Waals surface area contributed by atoms with Crippen LogP contribution in [0.2, 0.25) is 5.02 Å². The van der Waals surface area contributed by atoms with Crippen molar-refractivity contribution < 1.29 is 4.79 Å². The lowest BCUT2D eigenvalue weighted by molar-refractivity contribution is 0.0940. The van der Waals surface area contributed by atoms with Gasteiger partial charge in [0, 0.05) is 16.4 Å². The normalized spacial score (nSPS) is 12.2. The summed E-state index contributed by atoms with van der Waals surface area (Å²) in [7, 11) is 0. The number of benzene rings is 1. The second kappa shape index (κ2) is 6.55. The Morgan fingerprint density at radius 2 is 2.21 bits per heavy atom. The van der Waals surface area contributed by atoms with Crippen molar-refractivity contribution in [3.8, 4) is 0 Å². The topological polar surface area (TPSA) is 29.1 Å². The van der Waals surface area contributed by atoms with Crippen LogP contribution in [0.5, 0.6) is 0 Å². The summed E-state index contributed by atoms with van der Waals surface area (Å²) in [6.07, 6.45) is 0.719. The standard InChI is InChI=1S/C14H13BrClNOS/c1-9(6-10-4-2-3-5-12(10)16)17-14(18)11-7-13(15)19-8-11/h2-5,7-9H,6H2,1H3,(H,17,18). The van der Waals surface area contributed by atoms with Crippen LogP contribution in [0.15, 0.2) is 39.5 Å². The molecule has 1 aromatic heterocycles. The van der Waals surface area contributed by atoms with Gasteiger partial charge >= 0.3 is 0 Å². The van der Waals surface area contributed by atoms with Gasteiger partial charge in [0.1, 0.15) is 0 Å². The third-order valence-electron chi connectivity index (χ3n) is 2.69. The first-order chi connectivity index (χ1) is 9.06. The van der Waals surface area contributed by atoms with Crippen LogP contribution in [0.25, 0.3) is 0 Å². The number of thiophene rings is 1. The minimum Gasteiger partial charge on any atom is -0.349 e. The van der Waals surface area contributed by atoms with E-state index in [9.17, 15) is 4.79 Å². The zero-order valence-electron chi connectivity index (χ0n) is 10.3. The van der Waals surface area contributed by atoms with Gasteiger partial charge in [-0.05, 0) is 47.0 Å². The van der Waals surface area contributed by atoms with E-state index in [2.05, 4.69) is 21.2 Å². The SMILES string of the molecule is CC(Cc1ccccc1Cl)NC(=O)c1csc(Br)c1. The number of halogens is 2. The van der Waals surface area contributed by atoms with E-state index < -0.39 is 0 Å². The largest absolute Gasteiger partial charge is 0.349 e. The van der Waals surface area contributed by atoms with Gasteiger partial charge in [-0.25, -0.2) is 0 Å². The minimum absolute atomic E-state index is 0.0334. The number of hydrogen-bond donors (Lipinski definition) is 1. The van der Waals surface area contributed by atoms with Crippen molar-refractivity contribution >= 4 is 44.8 Å². The summed E-state index contributed by atoms with van der Waals surface area (Å²) in [5.74, 6) is -0.0542. The molecule has 0 aliphatic carbocycles. The molecule has 2 nitrogen and oxygen atoms in total. The van der Waals surface area contributed by atoms with E-state index in [0.29, 0.717) is 5.56 Å². The van der Waals surface area contributed by atoms with E-state index in [1.807, 2.05) is 42.6 Å². The maximum Gasteiger partial charge on any atom is 0.252 e. The first-order valence-electron chi connectivity index (χ1n) is 5.84. The van der Waals surface area contributed by atoms with Gasteiger partial charge in [0.2, 0.25) is 0 Å². The van der Waals surface area contributed by atoms with Crippen molar-refractivity contribution in [2.24, 2.45) is 0 Å². The molecule has 0 spiro atoms. The number of hydrogen-bond acceptors (Lipinski definition) is 2. The van der Waals surface area contributed by atoms with Crippen molar-refractivity contribution in [3.05, 3.63) is 55.6 Å². The van der Waals surface area contributed by atoms with Gasteiger partial charge in [-0.3, -0.25) is 4.79 Å². The Hall–Kier alpha value is -0.840. The zero-order chi connectivity index (χ0) is 13.8. The number of rotatable bonds is 4. The average molecular weight is 359 g/mol. The lowest BCUT2D eigenvalue weighted by atomic mass is 10.1. The first kappa shape index (κ1) is 14.6. The molecule has 0 fully saturated rings. The Balaban J connectivity index is 1.96. The van der Waals surface area contributed by atoms with Gasteiger partial charge in [-0.2, -0.15) is 0 Å². The van der Waals surface area contributed by atoms with Crippen LogP contribution in [-0.4, -0.2) is 11.9 Å². The number of nitrogens with one attached hydrogen (secondary N) is 1. The van der Waals surface area contributed by atoms with Gasteiger partial charge in [-0.1, -0.05) is 29.8 Å². The summed E-state index contributed by atoms with van der Waals surface area (Å²) in [5, 5.41) is 5.55. The summed E-state index contributed by atoms with van der Waals surface area (Å²) in [6, 6.07) is 9.55. The molecule has 19 heavy (non-hydrogen) atoms. The average Bonchev–Trinajstić information content (AvgIpc) is 2.79. The molecular formula is C14H13BrClNOS. The maximum atomic E-state index is 12.0. The number of amides is 1. The van der Waals surface area contributed by atoms with E-state index in [-0.39, 0.29) is 11.9 Å². The predicted molar refractivity (Wildman–Crippen MR) is 84.1 cm³/mol. The van der Waals surface area contributed by atoms with Crippen LogP contribution >= 0.6 is 38.9 Å². The lowest BCUT2D eigenvalue weighted by Gasteiger charge is -2.14. The summed E-state index contributed by atoms with van der Waals surface area (Å²) >= 11 is 11.0. The van der Waals surface area contributed by atoms with E-state index in [1.54, 1.807) is 0 Å². The fourth-order valence-electron chi connectivity index (χ4n) is 1.78. The van der Waals surface area contributed by atoms with Gasteiger partial charge < -0.3 is 5.32 Å². The molecule has 1 unspecified atom stereocenters. The van der Waals surface area contributed by atoms with Gasteiger partial charge in [-0.15, -0.1) is 11.3 Å². The Morgan fingerprint density at radius 1 is 1.47 bits per heavy atom. The fourth-order valence-corrected chi connectivity index (χ4v) is 3.13. The van der Waals surface area contributed by atoms with Crippen molar-refractivity contribution in [2.75, 3.05) is 0 Å². The highest BCUT2D eigenvalue weighted by atomic mass is 79.9. The smallest absolute Gasteiger partial charge is 0.252 e. The third-order valence-corrected chi connectivity index (χ3v) is 4.56. The number of carbonyl (C=O) groups is 1. The van der Waals surface area contributed by atoms with Crippen LogP contribution in [0.1, 0.15) is 22.8 Å². The molecule has 5 heteroatoms. The van der Waals surface area contributed by atoms with Crippen LogP contribution in [0.4, 0.5) is 0 Å². The molecule has 1 atom stereocenters. The van der Waals surface area contributed by atoms with E-state index >= 15 is 0 Å². The summed E-state index contributed by atoms with van der Waals surface area (Å²) < 4.78 is 0.955. The van der Waals surface area contributed by atoms with Crippen LogP contribution in [0, 0.1) is 0 Å².